The van der Waals surface area contributed by atoms with Crippen LogP contribution in [0.15, 0.2) is 54.9 Å². The number of hydrogen-bond acceptors (Lipinski definition) is 5. The maximum atomic E-state index is 12.5. The molecule has 3 heterocycles. The SMILES string of the molecule is O=C([C@@H](O)c1ccccc1)N1CCC(Nc2ccc3nccn3n2)C1. The van der Waals surface area contributed by atoms with Crippen LogP contribution in [-0.2, 0) is 4.79 Å². The number of nitrogens with zero attached hydrogens (tertiary/aromatic N) is 4. The second-order valence-corrected chi connectivity index (χ2v) is 6.18. The molecule has 0 radical (unpaired) electrons. The van der Waals surface area contributed by atoms with Crippen LogP contribution >= 0.6 is 0 Å². The maximum absolute atomic E-state index is 12.5. The van der Waals surface area contributed by atoms with Crippen molar-refractivity contribution in [2.75, 3.05) is 18.4 Å². The third-order valence-corrected chi connectivity index (χ3v) is 4.46. The van der Waals surface area contributed by atoms with Gasteiger partial charge in [0.15, 0.2) is 11.8 Å². The largest absolute Gasteiger partial charge is 0.378 e. The second-order valence-electron chi connectivity index (χ2n) is 6.18. The number of benzene rings is 1. The molecule has 1 amide bonds. The smallest absolute Gasteiger partial charge is 0.256 e. The summed E-state index contributed by atoms with van der Waals surface area (Å²) in [6.07, 6.45) is 3.20. The van der Waals surface area contributed by atoms with Crippen LogP contribution < -0.4 is 5.32 Å². The van der Waals surface area contributed by atoms with Crippen molar-refractivity contribution in [1.82, 2.24) is 19.5 Å². The summed E-state index contributed by atoms with van der Waals surface area (Å²) in [4.78, 5) is 18.4. The van der Waals surface area contributed by atoms with Gasteiger partial charge in [0.2, 0.25) is 0 Å². The van der Waals surface area contributed by atoms with Gasteiger partial charge in [-0.2, -0.15) is 0 Å². The predicted molar refractivity (Wildman–Crippen MR) is 93.0 cm³/mol. The van der Waals surface area contributed by atoms with E-state index in [0.29, 0.717) is 18.7 Å². The summed E-state index contributed by atoms with van der Waals surface area (Å²) in [5, 5.41) is 18.1. The monoisotopic (exact) mass is 337 g/mol. The van der Waals surface area contributed by atoms with Gasteiger partial charge in [-0.1, -0.05) is 30.3 Å². The van der Waals surface area contributed by atoms with E-state index in [4.69, 9.17) is 0 Å². The lowest BCUT2D eigenvalue weighted by molar-refractivity contribution is -0.139. The molecule has 1 unspecified atom stereocenters. The molecule has 7 nitrogen and oxygen atoms in total. The van der Waals surface area contributed by atoms with Crippen molar-refractivity contribution in [2.24, 2.45) is 0 Å². The zero-order valence-corrected chi connectivity index (χ0v) is 13.6. The molecule has 1 aliphatic rings. The highest BCUT2D eigenvalue weighted by Gasteiger charge is 2.30. The molecule has 2 N–H and O–H groups in total. The first-order chi connectivity index (χ1) is 12.2. The number of likely N-dealkylation sites (tertiary alicyclic amines) is 1. The first-order valence-electron chi connectivity index (χ1n) is 8.29. The fourth-order valence-corrected chi connectivity index (χ4v) is 3.13. The first kappa shape index (κ1) is 15.6. The van der Waals surface area contributed by atoms with Crippen molar-refractivity contribution in [3.05, 3.63) is 60.4 Å². The van der Waals surface area contributed by atoms with Crippen molar-refractivity contribution in [1.29, 1.82) is 0 Å². The molecule has 4 rings (SSSR count). The maximum Gasteiger partial charge on any atom is 0.256 e. The van der Waals surface area contributed by atoms with Gasteiger partial charge in [0.25, 0.3) is 5.91 Å². The van der Waals surface area contributed by atoms with E-state index in [-0.39, 0.29) is 11.9 Å². The van der Waals surface area contributed by atoms with E-state index in [2.05, 4.69) is 15.4 Å². The standard InChI is InChI=1S/C18H19N5O2/c24-17(13-4-2-1-3-5-13)18(25)22-10-8-14(12-22)20-15-6-7-16-19-9-11-23(16)21-15/h1-7,9,11,14,17,24H,8,10,12H2,(H,20,21)/t14?,17-/m0/s1. The van der Waals surface area contributed by atoms with E-state index in [1.165, 1.54) is 0 Å². The third-order valence-electron chi connectivity index (χ3n) is 4.46. The second kappa shape index (κ2) is 6.52. The van der Waals surface area contributed by atoms with Gasteiger partial charge >= 0.3 is 0 Å². The molecule has 2 aromatic heterocycles. The zero-order chi connectivity index (χ0) is 17.2. The van der Waals surface area contributed by atoms with Gasteiger partial charge in [-0.05, 0) is 24.1 Å². The van der Waals surface area contributed by atoms with Crippen LogP contribution in [0.25, 0.3) is 5.65 Å². The molecule has 25 heavy (non-hydrogen) atoms. The van der Waals surface area contributed by atoms with Crippen molar-refractivity contribution in [3.8, 4) is 0 Å². The summed E-state index contributed by atoms with van der Waals surface area (Å²) < 4.78 is 1.71. The fourth-order valence-electron chi connectivity index (χ4n) is 3.13. The minimum Gasteiger partial charge on any atom is -0.378 e. The van der Waals surface area contributed by atoms with Crippen LogP contribution in [0.4, 0.5) is 5.82 Å². The van der Waals surface area contributed by atoms with Gasteiger partial charge < -0.3 is 15.3 Å². The van der Waals surface area contributed by atoms with Crippen LogP contribution in [0.1, 0.15) is 18.1 Å². The Morgan fingerprint density at radius 3 is 2.92 bits per heavy atom. The predicted octanol–water partition coefficient (Wildman–Crippen LogP) is 1.48. The number of aromatic nitrogens is 3. The van der Waals surface area contributed by atoms with E-state index in [9.17, 15) is 9.90 Å². The lowest BCUT2D eigenvalue weighted by atomic mass is 10.1. The number of anilines is 1. The van der Waals surface area contributed by atoms with Gasteiger partial charge in [0, 0.05) is 31.5 Å². The fraction of sp³-hybridized carbons (Fsp3) is 0.278. The summed E-state index contributed by atoms with van der Waals surface area (Å²) >= 11 is 0. The normalized spacial score (nSPS) is 18.4. The number of amides is 1. The molecule has 0 spiro atoms. The molecule has 0 aliphatic carbocycles. The Hall–Kier alpha value is -2.93. The molecule has 0 saturated carbocycles. The Morgan fingerprint density at radius 1 is 1.24 bits per heavy atom. The zero-order valence-electron chi connectivity index (χ0n) is 13.6. The number of carbonyl (C=O) groups is 1. The van der Waals surface area contributed by atoms with Gasteiger partial charge in [0.1, 0.15) is 5.82 Å². The number of nitrogens with one attached hydrogen (secondary N) is 1. The number of carbonyl (C=O) groups excluding carboxylic acids is 1. The number of aliphatic hydroxyl groups is 1. The van der Waals surface area contributed by atoms with Crippen LogP contribution in [0.3, 0.4) is 0 Å². The Kier molecular flexibility index (Phi) is 4.07. The Labute approximate surface area is 144 Å². The van der Waals surface area contributed by atoms with Crippen molar-refractivity contribution in [2.45, 2.75) is 18.6 Å². The highest BCUT2D eigenvalue weighted by molar-refractivity contribution is 5.82. The van der Waals surface area contributed by atoms with E-state index in [1.54, 1.807) is 33.9 Å². The molecule has 0 bridgehead atoms. The third kappa shape index (κ3) is 3.18. The van der Waals surface area contributed by atoms with Gasteiger partial charge in [0.05, 0.1) is 0 Å². The summed E-state index contributed by atoms with van der Waals surface area (Å²) in [7, 11) is 0. The van der Waals surface area contributed by atoms with Crippen LogP contribution in [0, 0.1) is 0 Å². The Bertz CT molecular complexity index is 879. The molecular weight excluding hydrogens is 318 g/mol. The molecular formula is C18H19N5O2. The summed E-state index contributed by atoms with van der Waals surface area (Å²) in [6, 6.07) is 12.9. The van der Waals surface area contributed by atoms with Crippen molar-refractivity contribution < 1.29 is 9.90 Å². The molecule has 1 aliphatic heterocycles. The summed E-state index contributed by atoms with van der Waals surface area (Å²) in [5.41, 5.74) is 1.41. The summed E-state index contributed by atoms with van der Waals surface area (Å²) in [6.45, 7) is 1.17. The van der Waals surface area contributed by atoms with Crippen LogP contribution in [0.2, 0.25) is 0 Å². The average Bonchev–Trinajstić information content (AvgIpc) is 3.30. The van der Waals surface area contributed by atoms with Gasteiger partial charge in [-0.15, -0.1) is 5.10 Å². The minimum atomic E-state index is -1.11. The molecule has 2 atom stereocenters. The topological polar surface area (TPSA) is 82.8 Å². The first-order valence-corrected chi connectivity index (χ1v) is 8.29. The molecule has 1 aromatic carbocycles. The highest BCUT2D eigenvalue weighted by Crippen LogP contribution is 2.20. The van der Waals surface area contributed by atoms with Gasteiger partial charge in [-0.3, -0.25) is 4.79 Å². The molecule has 7 heteroatoms. The number of hydrogen-bond donors (Lipinski definition) is 2. The Balaban J connectivity index is 1.39. The molecule has 1 saturated heterocycles. The summed E-state index contributed by atoms with van der Waals surface area (Å²) in [5.74, 6) is 0.488. The number of aliphatic hydroxyl groups excluding tert-OH is 1. The lowest BCUT2D eigenvalue weighted by Crippen LogP contribution is -2.35. The number of fused-ring (bicyclic) bond motifs is 1. The van der Waals surface area contributed by atoms with Crippen LogP contribution in [0.5, 0.6) is 0 Å². The molecule has 3 aromatic rings. The lowest BCUT2D eigenvalue weighted by Gasteiger charge is -2.20. The van der Waals surface area contributed by atoms with Crippen LogP contribution in [-0.4, -0.2) is 49.6 Å². The van der Waals surface area contributed by atoms with Gasteiger partial charge in [-0.25, -0.2) is 9.50 Å². The van der Waals surface area contributed by atoms with Crippen molar-refractivity contribution in [3.63, 3.8) is 0 Å². The average molecular weight is 337 g/mol. The number of imidazole rings is 1. The molecule has 128 valence electrons. The van der Waals surface area contributed by atoms with Crippen molar-refractivity contribution >= 4 is 17.4 Å². The number of rotatable bonds is 4. The minimum absolute atomic E-state index is 0.111. The van der Waals surface area contributed by atoms with E-state index in [1.807, 2.05) is 30.3 Å². The highest BCUT2D eigenvalue weighted by atomic mass is 16.3. The van der Waals surface area contributed by atoms with E-state index in [0.717, 1.165) is 17.9 Å². The van der Waals surface area contributed by atoms with E-state index < -0.39 is 6.10 Å². The molecule has 1 fully saturated rings. The van der Waals surface area contributed by atoms with E-state index >= 15 is 0 Å². The Morgan fingerprint density at radius 2 is 2.08 bits per heavy atom. The quantitative estimate of drug-likeness (QED) is 0.753.